The Morgan fingerprint density at radius 2 is 2.37 bits per heavy atom. The van der Waals surface area contributed by atoms with E-state index in [1.807, 2.05) is 30.9 Å². The molecular weight excluding hydrogens is 260 g/mol. The first-order valence-corrected chi connectivity index (χ1v) is 7.05. The van der Waals surface area contributed by atoms with E-state index < -0.39 is 0 Å². The molecule has 0 aromatic carbocycles. The molecule has 0 unspecified atom stereocenters. The summed E-state index contributed by atoms with van der Waals surface area (Å²) in [6.45, 7) is 6.18. The van der Waals surface area contributed by atoms with Crippen LogP contribution in [-0.2, 0) is 4.74 Å². The third-order valence-electron chi connectivity index (χ3n) is 3.02. The van der Waals surface area contributed by atoms with E-state index in [1.165, 1.54) is 11.3 Å². The van der Waals surface area contributed by atoms with E-state index in [2.05, 4.69) is 11.8 Å². The SMILES string of the molecule is CC1(C)COCCN1C(=O)c1ccc(C#CCN)s1. The van der Waals surface area contributed by atoms with E-state index in [4.69, 9.17) is 10.5 Å². The third-order valence-corrected chi connectivity index (χ3v) is 4.01. The average Bonchev–Trinajstić information content (AvgIpc) is 2.84. The molecule has 1 aliphatic rings. The molecule has 1 aliphatic heterocycles. The quantitative estimate of drug-likeness (QED) is 0.788. The van der Waals surface area contributed by atoms with Crippen molar-refractivity contribution in [3.63, 3.8) is 0 Å². The van der Waals surface area contributed by atoms with Crippen LogP contribution in [0.15, 0.2) is 12.1 Å². The Kier molecular flexibility index (Phi) is 4.25. The number of thiophene rings is 1. The van der Waals surface area contributed by atoms with Crippen molar-refractivity contribution in [3.8, 4) is 11.8 Å². The number of rotatable bonds is 1. The average molecular weight is 278 g/mol. The second-order valence-corrected chi connectivity index (χ2v) is 6.08. The van der Waals surface area contributed by atoms with Crippen LogP contribution in [0.3, 0.4) is 0 Å². The zero-order chi connectivity index (χ0) is 13.9. The fourth-order valence-corrected chi connectivity index (χ4v) is 2.86. The third kappa shape index (κ3) is 3.16. The molecule has 2 rings (SSSR count). The molecule has 1 saturated heterocycles. The Morgan fingerprint density at radius 1 is 1.58 bits per heavy atom. The Balaban J connectivity index is 2.17. The van der Waals surface area contributed by atoms with Gasteiger partial charge >= 0.3 is 0 Å². The summed E-state index contributed by atoms with van der Waals surface area (Å²) in [4.78, 5) is 16.0. The predicted molar refractivity (Wildman–Crippen MR) is 76.2 cm³/mol. The van der Waals surface area contributed by atoms with E-state index in [-0.39, 0.29) is 11.4 Å². The van der Waals surface area contributed by atoms with Crippen LogP contribution < -0.4 is 5.73 Å². The Hall–Kier alpha value is -1.35. The zero-order valence-electron chi connectivity index (χ0n) is 11.2. The predicted octanol–water partition coefficient (Wildman–Crippen LogP) is 1.31. The number of nitrogens with zero attached hydrogens (tertiary/aromatic N) is 1. The summed E-state index contributed by atoms with van der Waals surface area (Å²) < 4.78 is 5.43. The second-order valence-electron chi connectivity index (χ2n) is 4.99. The molecule has 4 nitrogen and oxygen atoms in total. The molecule has 0 aliphatic carbocycles. The number of hydrogen-bond acceptors (Lipinski definition) is 4. The normalized spacial score (nSPS) is 17.7. The molecule has 0 radical (unpaired) electrons. The minimum Gasteiger partial charge on any atom is -0.377 e. The lowest BCUT2D eigenvalue weighted by molar-refractivity contribution is -0.0368. The maximum Gasteiger partial charge on any atom is 0.264 e. The zero-order valence-corrected chi connectivity index (χ0v) is 12.0. The summed E-state index contributed by atoms with van der Waals surface area (Å²) in [7, 11) is 0. The van der Waals surface area contributed by atoms with Crippen LogP contribution >= 0.6 is 11.3 Å². The molecule has 0 spiro atoms. The molecule has 1 aromatic heterocycles. The monoisotopic (exact) mass is 278 g/mol. The van der Waals surface area contributed by atoms with E-state index >= 15 is 0 Å². The van der Waals surface area contributed by atoms with Crippen LogP contribution in [0.2, 0.25) is 0 Å². The maximum atomic E-state index is 12.5. The summed E-state index contributed by atoms with van der Waals surface area (Å²) >= 11 is 1.41. The molecule has 5 heteroatoms. The van der Waals surface area contributed by atoms with Crippen molar-refractivity contribution >= 4 is 17.2 Å². The summed E-state index contributed by atoms with van der Waals surface area (Å²) in [6, 6.07) is 3.70. The van der Waals surface area contributed by atoms with Gasteiger partial charge < -0.3 is 15.4 Å². The number of nitrogens with two attached hydrogens (primary N) is 1. The summed E-state index contributed by atoms with van der Waals surface area (Å²) in [5.74, 6) is 5.80. The molecule has 1 fully saturated rings. The van der Waals surface area contributed by atoms with E-state index in [1.54, 1.807) is 0 Å². The Morgan fingerprint density at radius 3 is 3.05 bits per heavy atom. The summed E-state index contributed by atoms with van der Waals surface area (Å²) in [6.07, 6.45) is 0. The number of morpholine rings is 1. The highest BCUT2D eigenvalue weighted by molar-refractivity contribution is 7.14. The van der Waals surface area contributed by atoms with Gasteiger partial charge in [-0.3, -0.25) is 4.79 Å². The van der Waals surface area contributed by atoms with Gasteiger partial charge in [0.15, 0.2) is 0 Å². The van der Waals surface area contributed by atoms with Gasteiger partial charge in [0.05, 0.1) is 35.1 Å². The van der Waals surface area contributed by atoms with Crippen molar-refractivity contribution in [1.29, 1.82) is 0 Å². The van der Waals surface area contributed by atoms with Gasteiger partial charge in [0.1, 0.15) is 0 Å². The lowest BCUT2D eigenvalue weighted by atomic mass is 10.0. The molecule has 2 N–H and O–H groups in total. The highest BCUT2D eigenvalue weighted by Gasteiger charge is 2.34. The largest absolute Gasteiger partial charge is 0.377 e. The highest BCUT2D eigenvalue weighted by atomic mass is 32.1. The van der Waals surface area contributed by atoms with Crippen molar-refractivity contribution in [2.75, 3.05) is 26.3 Å². The number of carbonyl (C=O) groups excluding carboxylic acids is 1. The minimum absolute atomic E-state index is 0.0547. The lowest BCUT2D eigenvalue weighted by Gasteiger charge is -2.41. The first-order valence-electron chi connectivity index (χ1n) is 6.23. The van der Waals surface area contributed by atoms with E-state index in [0.29, 0.717) is 26.3 Å². The molecule has 2 heterocycles. The topological polar surface area (TPSA) is 55.6 Å². The van der Waals surface area contributed by atoms with Crippen LogP contribution in [0.25, 0.3) is 0 Å². The minimum atomic E-state index is -0.261. The maximum absolute atomic E-state index is 12.5. The molecule has 102 valence electrons. The van der Waals surface area contributed by atoms with Gasteiger partial charge in [0, 0.05) is 6.54 Å². The van der Waals surface area contributed by atoms with Crippen LogP contribution in [-0.4, -0.2) is 42.6 Å². The first kappa shape index (κ1) is 14.1. The smallest absolute Gasteiger partial charge is 0.264 e. The van der Waals surface area contributed by atoms with Gasteiger partial charge in [0.2, 0.25) is 0 Å². The first-order chi connectivity index (χ1) is 9.04. The van der Waals surface area contributed by atoms with Crippen molar-refractivity contribution in [2.24, 2.45) is 5.73 Å². The molecular formula is C14H18N2O2S. The molecule has 0 saturated carbocycles. The van der Waals surface area contributed by atoms with Crippen molar-refractivity contribution in [1.82, 2.24) is 4.90 Å². The summed E-state index contributed by atoms with van der Waals surface area (Å²) in [5, 5.41) is 0. The highest BCUT2D eigenvalue weighted by Crippen LogP contribution is 2.24. The van der Waals surface area contributed by atoms with Crippen molar-refractivity contribution in [3.05, 3.63) is 21.9 Å². The fourth-order valence-electron chi connectivity index (χ4n) is 2.03. The van der Waals surface area contributed by atoms with Gasteiger partial charge in [-0.05, 0) is 26.0 Å². The standard InChI is InChI=1S/C14H18N2O2S/c1-14(2)10-18-9-8-16(14)13(17)12-6-5-11(19-12)4-3-7-15/h5-6H,7-10,15H2,1-2H3. The van der Waals surface area contributed by atoms with Gasteiger partial charge in [-0.15, -0.1) is 11.3 Å². The Labute approximate surface area is 117 Å². The van der Waals surface area contributed by atoms with Crippen LogP contribution in [0.1, 0.15) is 28.4 Å². The van der Waals surface area contributed by atoms with Gasteiger partial charge in [-0.1, -0.05) is 11.8 Å². The van der Waals surface area contributed by atoms with Crippen LogP contribution in [0, 0.1) is 11.8 Å². The summed E-state index contributed by atoms with van der Waals surface area (Å²) in [5.41, 5.74) is 5.08. The molecule has 1 aromatic rings. The fraction of sp³-hybridized carbons (Fsp3) is 0.500. The van der Waals surface area contributed by atoms with Crippen LogP contribution in [0.4, 0.5) is 0 Å². The van der Waals surface area contributed by atoms with Crippen molar-refractivity contribution < 1.29 is 9.53 Å². The molecule has 0 bridgehead atoms. The lowest BCUT2D eigenvalue weighted by Crippen LogP contribution is -2.55. The van der Waals surface area contributed by atoms with Crippen LogP contribution in [0.5, 0.6) is 0 Å². The molecule has 0 atom stereocenters. The van der Waals surface area contributed by atoms with Gasteiger partial charge in [-0.25, -0.2) is 0 Å². The molecule has 1 amide bonds. The Bertz CT molecular complexity index is 525. The van der Waals surface area contributed by atoms with Crippen molar-refractivity contribution in [2.45, 2.75) is 19.4 Å². The van der Waals surface area contributed by atoms with E-state index in [9.17, 15) is 4.79 Å². The van der Waals surface area contributed by atoms with Gasteiger partial charge in [0.25, 0.3) is 5.91 Å². The van der Waals surface area contributed by atoms with Gasteiger partial charge in [-0.2, -0.15) is 0 Å². The van der Waals surface area contributed by atoms with E-state index in [0.717, 1.165) is 9.75 Å². The number of amides is 1. The number of carbonyl (C=O) groups is 1. The second kappa shape index (κ2) is 5.74. The number of ether oxygens (including phenoxy) is 1. The molecule has 19 heavy (non-hydrogen) atoms. The number of hydrogen-bond donors (Lipinski definition) is 1.